The van der Waals surface area contributed by atoms with Crippen molar-refractivity contribution in [1.29, 1.82) is 0 Å². The number of hydrogen-bond acceptors (Lipinski definition) is 6. The predicted octanol–water partition coefficient (Wildman–Crippen LogP) is 3.97. The topological polar surface area (TPSA) is 106 Å². The van der Waals surface area contributed by atoms with Crippen molar-refractivity contribution in [3.63, 3.8) is 0 Å². The standard InChI is InChI=1S/C24H25N3O5S/c1-16-8-11-21(12-9-16)33(29,30)27-26-17(2)18-6-5-7-20(14-18)25-24(28)19-10-13-22(31-3)23(15-19)32-4/h5-15,27H,1-4H3,(H,25,28)/b26-17+. The van der Waals surface area contributed by atoms with Crippen molar-refractivity contribution >= 4 is 27.3 Å². The number of hydrogen-bond donors (Lipinski definition) is 2. The van der Waals surface area contributed by atoms with E-state index in [1.807, 2.05) is 6.92 Å². The zero-order valence-electron chi connectivity index (χ0n) is 18.7. The maximum atomic E-state index is 12.7. The average Bonchev–Trinajstić information content (AvgIpc) is 2.82. The molecule has 0 spiro atoms. The average molecular weight is 468 g/mol. The molecular weight excluding hydrogens is 442 g/mol. The quantitative estimate of drug-likeness (QED) is 0.385. The van der Waals surface area contributed by atoms with Crippen molar-refractivity contribution in [2.45, 2.75) is 18.7 Å². The minimum absolute atomic E-state index is 0.126. The van der Waals surface area contributed by atoms with Crippen molar-refractivity contribution in [2.75, 3.05) is 19.5 Å². The number of amides is 1. The van der Waals surface area contributed by atoms with Gasteiger partial charge in [-0.05, 0) is 61.9 Å². The van der Waals surface area contributed by atoms with E-state index in [9.17, 15) is 13.2 Å². The fourth-order valence-corrected chi connectivity index (χ4v) is 3.82. The number of ether oxygens (including phenoxy) is 2. The van der Waals surface area contributed by atoms with Gasteiger partial charge in [-0.2, -0.15) is 18.4 Å². The summed E-state index contributed by atoms with van der Waals surface area (Å²) in [5, 5.41) is 6.84. The molecule has 3 aromatic carbocycles. The number of nitrogens with zero attached hydrogens (tertiary/aromatic N) is 1. The van der Waals surface area contributed by atoms with E-state index >= 15 is 0 Å². The highest BCUT2D eigenvalue weighted by Gasteiger charge is 2.14. The van der Waals surface area contributed by atoms with Crippen molar-refractivity contribution < 1.29 is 22.7 Å². The maximum absolute atomic E-state index is 12.7. The monoisotopic (exact) mass is 467 g/mol. The number of rotatable bonds is 8. The van der Waals surface area contributed by atoms with E-state index in [2.05, 4.69) is 15.2 Å². The zero-order chi connectivity index (χ0) is 24.0. The van der Waals surface area contributed by atoms with Gasteiger partial charge in [-0.25, -0.2) is 0 Å². The third kappa shape index (κ3) is 5.89. The molecule has 3 rings (SSSR count). The van der Waals surface area contributed by atoms with E-state index < -0.39 is 10.0 Å². The second kappa shape index (κ2) is 10.2. The Kier molecular flexibility index (Phi) is 7.34. The number of hydrazone groups is 1. The van der Waals surface area contributed by atoms with Crippen molar-refractivity contribution in [3.8, 4) is 11.5 Å². The molecule has 3 aromatic rings. The fraction of sp³-hybridized carbons (Fsp3) is 0.167. The Morgan fingerprint density at radius 1 is 0.879 bits per heavy atom. The van der Waals surface area contributed by atoms with Crippen LogP contribution in [0.4, 0.5) is 5.69 Å². The molecule has 0 saturated carbocycles. The van der Waals surface area contributed by atoms with Gasteiger partial charge in [0.05, 0.1) is 24.8 Å². The number of benzene rings is 3. The molecule has 8 nitrogen and oxygen atoms in total. The van der Waals surface area contributed by atoms with E-state index in [4.69, 9.17) is 9.47 Å². The van der Waals surface area contributed by atoms with Gasteiger partial charge >= 0.3 is 0 Å². The van der Waals surface area contributed by atoms with Gasteiger partial charge in [-0.1, -0.05) is 29.8 Å². The van der Waals surface area contributed by atoms with E-state index in [1.165, 1.54) is 26.4 Å². The van der Waals surface area contributed by atoms with Gasteiger partial charge in [-0.15, -0.1) is 0 Å². The summed E-state index contributed by atoms with van der Waals surface area (Å²) in [6.45, 7) is 3.55. The molecular formula is C24H25N3O5S. The fourth-order valence-electron chi connectivity index (χ4n) is 2.97. The highest BCUT2D eigenvalue weighted by atomic mass is 32.2. The second-order valence-electron chi connectivity index (χ2n) is 7.21. The van der Waals surface area contributed by atoms with Crippen LogP contribution in [-0.4, -0.2) is 34.3 Å². The third-order valence-corrected chi connectivity index (χ3v) is 6.07. The molecule has 9 heteroatoms. The first-order valence-corrected chi connectivity index (χ1v) is 11.5. The zero-order valence-corrected chi connectivity index (χ0v) is 19.6. The number of carbonyl (C=O) groups is 1. The Labute approximate surface area is 193 Å². The second-order valence-corrected chi connectivity index (χ2v) is 8.87. The molecule has 0 saturated heterocycles. The number of methoxy groups -OCH3 is 2. The van der Waals surface area contributed by atoms with Crippen LogP contribution in [0.1, 0.15) is 28.4 Å². The number of anilines is 1. The van der Waals surface area contributed by atoms with Gasteiger partial charge in [0, 0.05) is 11.3 Å². The minimum atomic E-state index is -3.79. The summed E-state index contributed by atoms with van der Waals surface area (Å²) in [5.74, 6) is 0.640. The van der Waals surface area contributed by atoms with Crippen LogP contribution in [0.3, 0.4) is 0 Å². The molecule has 0 aliphatic carbocycles. The van der Waals surface area contributed by atoms with Crippen LogP contribution in [-0.2, 0) is 10.0 Å². The summed E-state index contributed by atoms with van der Waals surface area (Å²) in [6, 6.07) is 18.3. The number of carbonyl (C=O) groups excluding carboxylic acids is 1. The van der Waals surface area contributed by atoms with Crippen molar-refractivity contribution in [2.24, 2.45) is 5.10 Å². The molecule has 0 fully saturated rings. The van der Waals surface area contributed by atoms with E-state index in [1.54, 1.807) is 61.5 Å². The van der Waals surface area contributed by atoms with Gasteiger partial charge in [0.25, 0.3) is 15.9 Å². The SMILES string of the molecule is COc1ccc(C(=O)Nc2cccc(/C(C)=N/NS(=O)(=O)c3ccc(C)cc3)c2)cc1OC. The van der Waals surface area contributed by atoms with Gasteiger partial charge < -0.3 is 14.8 Å². The van der Waals surface area contributed by atoms with Crippen LogP contribution in [0.5, 0.6) is 11.5 Å². The van der Waals surface area contributed by atoms with Crippen LogP contribution in [0.25, 0.3) is 0 Å². The Balaban J connectivity index is 1.74. The summed E-state index contributed by atoms with van der Waals surface area (Å²) >= 11 is 0. The Morgan fingerprint density at radius 2 is 1.58 bits per heavy atom. The van der Waals surface area contributed by atoms with Crippen LogP contribution in [0.2, 0.25) is 0 Å². The van der Waals surface area contributed by atoms with Gasteiger partial charge in [0.1, 0.15) is 0 Å². The third-order valence-electron chi connectivity index (χ3n) is 4.85. The lowest BCUT2D eigenvalue weighted by molar-refractivity contribution is 0.102. The van der Waals surface area contributed by atoms with Crippen LogP contribution in [0, 0.1) is 6.92 Å². The number of sulfonamides is 1. The lowest BCUT2D eigenvalue weighted by atomic mass is 10.1. The lowest BCUT2D eigenvalue weighted by Gasteiger charge is -2.11. The van der Waals surface area contributed by atoms with Crippen molar-refractivity contribution in [1.82, 2.24) is 4.83 Å². The Morgan fingerprint density at radius 3 is 2.24 bits per heavy atom. The molecule has 1 amide bonds. The molecule has 2 N–H and O–H groups in total. The molecule has 0 bridgehead atoms. The van der Waals surface area contributed by atoms with Crippen molar-refractivity contribution in [3.05, 3.63) is 83.4 Å². The smallest absolute Gasteiger partial charge is 0.276 e. The molecule has 33 heavy (non-hydrogen) atoms. The molecule has 0 aromatic heterocycles. The summed E-state index contributed by atoms with van der Waals surface area (Å²) in [5.41, 5.74) is 2.97. The first-order valence-electron chi connectivity index (χ1n) is 10.00. The van der Waals surface area contributed by atoms with Gasteiger partial charge in [0.2, 0.25) is 0 Å². The summed E-state index contributed by atoms with van der Waals surface area (Å²) in [4.78, 5) is 15.0. The largest absolute Gasteiger partial charge is 0.493 e. The predicted molar refractivity (Wildman–Crippen MR) is 128 cm³/mol. The molecule has 0 unspecified atom stereocenters. The molecule has 0 atom stereocenters. The first-order chi connectivity index (χ1) is 15.7. The van der Waals surface area contributed by atoms with Crippen LogP contribution < -0.4 is 19.6 Å². The maximum Gasteiger partial charge on any atom is 0.276 e. The summed E-state index contributed by atoms with van der Waals surface area (Å²) < 4.78 is 35.3. The molecule has 0 radical (unpaired) electrons. The summed E-state index contributed by atoms with van der Waals surface area (Å²) in [7, 11) is -0.767. The number of aryl methyl sites for hydroxylation is 1. The molecule has 0 heterocycles. The van der Waals surface area contributed by atoms with Crippen LogP contribution >= 0.6 is 0 Å². The molecule has 172 valence electrons. The number of nitrogens with one attached hydrogen (secondary N) is 2. The first kappa shape index (κ1) is 23.8. The highest BCUT2D eigenvalue weighted by Crippen LogP contribution is 2.28. The Bertz CT molecular complexity index is 1290. The van der Waals surface area contributed by atoms with Gasteiger partial charge in [0.15, 0.2) is 11.5 Å². The minimum Gasteiger partial charge on any atom is -0.493 e. The normalized spacial score (nSPS) is 11.6. The van der Waals surface area contributed by atoms with E-state index in [-0.39, 0.29) is 10.8 Å². The Hall–Kier alpha value is -3.85. The lowest BCUT2D eigenvalue weighted by Crippen LogP contribution is -2.20. The van der Waals surface area contributed by atoms with Crippen LogP contribution in [0.15, 0.2) is 76.7 Å². The molecule has 0 aliphatic rings. The van der Waals surface area contributed by atoms with Gasteiger partial charge in [-0.3, -0.25) is 4.79 Å². The van der Waals surface area contributed by atoms with E-state index in [0.717, 1.165) is 5.56 Å². The van der Waals surface area contributed by atoms with E-state index in [0.29, 0.717) is 34.0 Å². The molecule has 0 aliphatic heterocycles. The summed E-state index contributed by atoms with van der Waals surface area (Å²) in [6.07, 6.45) is 0. The highest BCUT2D eigenvalue weighted by molar-refractivity contribution is 7.89.